The molecule has 0 amide bonds. The lowest BCUT2D eigenvalue weighted by Gasteiger charge is -2.33. The number of anilines is 2. The van der Waals surface area contributed by atoms with Gasteiger partial charge in [-0.15, -0.1) is 13.2 Å². The third kappa shape index (κ3) is 5.01. The number of hydrogen-bond donors (Lipinski definition) is 1. The summed E-state index contributed by atoms with van der Waals surface area (Å²) in [4.78, 5) is 2.54. The summed E-state index contributed by atoms with van der Waals surface area (Å²) in [6.07, 6.45) is 0.624. The van der Waals surface area contributed by atoms with E-state index >= 15 is 0 Å². The fourth-order valence-corrected chi connectivity index (χ4v) is 5.16. The first-order chi connectivity index (χ1) is 16.0. The van der Waals surface area contributed by atoms with Gasteiger partial charge >= 0.3 is 6.36 Å². The van der Waals surface area contributed by atoms with Crippen molar-refractivity contribution in [2.45, 2.75) is 57.1 Å². The Morgan fingerprint density at radius 2 is 1.42 bits per heavy atom. The first-order valence-corrected chi connectivity index (χ1v) is 11.5. The minimum atomic E-state index is -4.66. The summed E-state index contributed by atoms with van der Waals surface area (Å²) in [5.41, 5.74) is 6.36. The van der Waals surface area contributed by atoms with Crippen LogP contribution in [0.1, 0.15) is 36.0 Å². The third-order valence-corrected chi connectivity index (χ3v) is 6.69. The highest BCUT2D eigenvalue weighted by molar-refractivity contribution is 5.72. The fourth-order valence-electron chi connectivity index (χ4n) is 5.16. The van der Waals surface area contributed by atoms with Crippen LogP contribution in [0.25, 0.3) is 0 Å². The third-order valence-electron chi connectivity index (χ3n) is 6.69. The van der Waals surface area contributed by atoms with Crippen LogP contribution in [0.15, 0.2) is 72.8 Å². The van der Waals surface area contributed by atoms with Crippen molar-refractivity contribution >= 4 is 11.4 Å². The van der Waals surface area contributed by atoms with Crippen LogP contribution in [0.3, 0.4) is 0 Å². The van der Waals surface area contributed by atoms with E-state index in [-0.39, 0.29) is 5.75 Å². The smallest absolute Gasteiger partial charge is 0.406 e. The Kier molecular flexibility index (Phi) is 6.02. The number of benzene rings is 3. The molecule has 3 aromatic rings. The minimum absolute atomic E-state index is 0.189. The lowest BCUT2D eigenvalue weighted by Crippen LogP contribution is -2.33. The summed E-state index contributed by atoms with van der Waals surface area (Å²) in [5, 5.41) is 3.61. The summed E-state index contributed by atoms with van der Waals surface area (Å²) in [7, 11) is 0. The van der Waals surface area contributed by atoms with Gasteiger partial charge in [-0.05, 0) is 73.1 Å². The number of para-hydroxylation sites is 2. The van der Waals surface area contributed by atoms with Gasteiger partial charge < -0.3 is 15.0 Å². The molecule has 1 fully saturated rings. The molecule has 0 spiro atoms. The number of nitrogens with zero attached hydrogens (tertiary/aromatic N) is 1. The van der Waals surface area contributed by atoms with Crippen LogP contribution in [0.2, 0.25) is 0 Å². The Bertz CT molecular complexity index is 1050. The standard InChI is InChI=1S/C27H27F3N2O/c28-27(29,30)33-24-15-9-19(10-16-24)18-31-22-13-14-23(17-22)32-25-7-3-1-5-20(25)11-12-21-6-2-4-8-26(21)32/h1-10,15-16,22-23,31H,11-14,17-18H2. The molecule has 2 aliphatic rings. The average molecular weight is 453 g/mol. The Balaban J connectivity index is 1.27. The van der Waals surface area contributed by atoms with Gasteiger partial charge in [0.2, 0.25) is 0 Å². The Hall–Kier alpha value is -2.99. The number of hydrogen-bond acceptors (Lipinski definition) is 3. The van der Waals surface area contributed by atoms with Crippen molar-refractivity contribution in [1.82, 2.24) is 5.32 Å². The van der Waals surface area contributed by atoms with Crippen molar-refractivity contribution in [3.8, 4) is 5.75 Å². The van der Waals surface area contributed by atoms with Gasteiger partial charge in [0.15, 0.2) is 0 Å². The lowest BCUT2D eigenvalue weighted by molar-refractivity contribution is -0.274. The van der Waals surface area contributed by atoms with E-state index in [1.165, 1.54) is 34.6 Å². The van der Waals surface area contributed by atoms with Crippen molar-refractivity contribution in [3.05, 3.63) is 89.5 Å². The molecule has 0 radical (unpaired) electrons. The molecule has 1 aliphatic heterocycles. The monoisotopic (exact) mass is 452 g/mol. The molecule has 1 N–H and O–H groups in total. The number of ether oxygens (including phenoxy) is 1. The summed E-state index contributed by atoms with van der Waals surface area (Å²) in [5.74, 6) is -0.189. The molecule has 1 aliphatic carbocycles. The topological polar surface area (TPSA) is 24.5 Å². The normalized spacial score (nSPS) is 20.2. The molecule has 2 unspecified atom stereocenters. The first kappa shape index (κ1) is 21.8. The highest BCUT2D eigenvalue weighted by Gasteiger charge is 2.33. The van der Waals surface area contributed by atoms with E-state index in [0.717, 1.165) is 37.7 Å². The lowest BCUT2D eigenvalue weighted by atomic mass is 10.0. The van der Waals surface area contributed by atoms with E-state index in [4.69, 9.17) is 0 Å². The molecule has 0 bridgehead atoms. The highest BCUT2D eigenvalue weighted by atomic mass is 19.4. The van der Waals surface area contributed by atoms with Crippen LogP contribution in [0.5, 0.6) is 5.75 Å². The van der Waals surface area contributed by atoms with E-state index in [0.29, 0.717) is 18.6 Å². The maximum atomic E-state index is 12.4. The predicted molar refractivity (Wildman–Crippen MR) is 124 cm³/mol. The summed E-state index contributed by atoms with van der Waals surface area (Å²) < 4.78 is 41.0. The largest absolute Gasteiger partial charge is 0.573 e. The van der Waals surface area contributed by atoms with Gasteiger partial charge in [-0.3, -0.25) is 0 Å². The number of rotatable bonds is 5. The summed E-state index contributed by atoms with van der Waals surface area (Å²) >= 11 is 0. The molecular formula is C27H27F3N2O. The van der Waals surface area contributed by atoms with E-state index in [2.05, 4.69) is 63.5 Å². The van der Waals surface area contributed by atoms with Gasteiger partial charge in [-0.25, -0.2) is 0 Å². The molecule has 6 heteroatoms. The van der Waals surface area contributed by atoms with E-state index in [9.17, 15) is 13.2 Å². The molecule has 0 aromatic heterocycles. The van der Waals surface area contributed by atoms with Crippen LogP contribution < -0.4 is 15.0 Å². The van der Waals surface area contributed by atoms with Crippen molar-refractivity contribution in [2.24, 2.45) is 0 Å². The van der Waals surface area contributed by atoms with E-state index < -0.39 is 6.36 Å². The van der Waals surface area contributed by atoms with Crippen LogP contribution in [-0.4, -0.2) is 18.4 Å². The Morgan fingerprint density at radius 3 is 2.03 bits per heavy atom. The quantitative estimate of drug-likeness (QED) is 0.476. The zero-order valence-corrected chi connectivity index (χ0v) is 18.3. The van der Waals surface area contributed by atoms with Crippen LogP contribution >= 0.6 is 0 Å². The minimum Gasteiger partial charge on any atom is -0.406 e. The molecule has 33 heavy (non-hydrogen) atoms. The number of alkyl halides is 3. The average Bonchev–Trinajstić information content (AvgIpc) is 3.19. The molecule has 5 rings (SSSR count). The second-order valence-electron chi connectivity index (χ2n) is 8.86. The SMILES string of the molecule is FC(F)(F)Oc1ccc(CNC2CCC(N3c4ccccc4CCc4ccccc43)C2)cc1. The molecule has 3 nitrogen and oxygen atoms in total. The zero-order valence-electron chi connectivity index (χ0n) is 18.3. The van der Waals surface area contributed by atoms with Crippen LogP contribution in [0, 0.1) is 0 Å². The molecule has 1 saturated carbocycles. The number of halogens is 3. The summed E-state index contributed by atoms with van der Waals surface area (Å²) in [6, 6.07) is 24.3. The van der Waals surface area contributed by atoms with Gasteiger partial charge in [-0.1, -0.05) is 48.5 Å². The predicted octanol–water partition coefficient (Wildman–Crippen LogP) is 6.53. The van der Waals surface area contributed by atoms with Gasteiger partial charge in [0.25, 0.3) is 0 Å². The first-order valence-electron chi connectivity index (χ1n) is 11.5. The molecule has 0 saturated heterocycles. The second kappa shape index (κ2) is 9.10. The maximum absolute atomic E-state index is 12.4. The zero-order chi connectivity index (χ0) is 22.8. The number of fused-ring (bicyclic) bond motifs is 2. The molecule has 3 aromatic carbocycles. The summed E-state index contributed by atoms with van der Waals surface area (Å²) in [6.45, 7) is 0.622. The fraction of sp³-hybridized carbons (Fsp3) is 0.333. The maximum Gasteiger partial charge on any atom is 0.573 e. The van der Waals surface area contributed by atoms with Gasteiger partial charge in [-0.2, -0.15) is 0 Å². The molecule has 1 heterocycles. The molecule has 172 valence electrons. The van der Waals surface area contributed by atoms with Crippen molar-refractivity contribution in [3.63, 3.8) is 0 Å². The highest BCUT2D eigenvalue weighted by Crippen LogP contribution is 2.41. The van der Waals surface area contributed by atoms with Crippen molar-refractivity contribution < 1.29 is 17.9 Å². The molecule has 2 atom stereocenters. The van der Waals surface area contributed by atoms with Gasteiger partial charge in [0.1, 0.15) is 5.75 Å². The van der Waals surface area contributed by atoms with Crippen LogP contribution in [0.4, 0.5) is 24.5 Å². The van der Waals surface area contributed by atoms with Gasteiger partial charge in [0, 0.05) is 30.0 Å². The van der Waals surface area contributed by atoms with E-state index in [1.807, 2.05) is 0 Å². The number of nitrogens with one attached hydrogen (secondary N) is 1. The number of aryl methyl sites for hydroxylation is 2. The second-order valence-corrected chi connectivity index (χ2v) is 8.86. The Morgan fingerprint density at radius 1 is 0.818 bits per heavy atom. The van der Waals surface area contributed by atoms with E-state index in [1.54, 1.807) is 12.1 Å². The Labute approximate surface area is 192 Å². The molecular weight excluding hydrogens is 425 g/mol. The van der Waals surface area contributed by atoms with Gasteiger partial charge in [0.05, 0.1) is 0 Å². The van der Waals surface area contributed by atoms with Crippen molar-refractivity contribution in [2.75, 3.05) is 4.90 Å². The van der Waals surface area contributed by atoms with Crippen LogP contribution in [-0.2, 0) is 19.4 Å². The van der Waals surface area contributed by atoms with Crippen molar-refractivity contribution in [1.29, 1.82) is 0 Å².